The number of nitrogens with zero attached hydrogens (tertiary/aromatic N) is 2. The van der Waals surface area contributed by atoms with Crippen molar-refractivity contribution in [2.75, 3.05) is 31.6 Å². The minimum atomic E-state index is -0.625. The van der Waals surface area contributed by atoms with Gasteiger partial charge in [0.15, 0.2) is 0 Å². The zero-order valence-electron chi connectivity index (χ0n) is 14.9. The van der Waals surface area contributed by atoms with Crippen molar-refractivity contribution in [3.63, 3.8) is 0 Å². The van der Waals surface area contributed by atoms with E-state index >= 15 is 0 Å². The molecule has 6 nitrogen and oxygen atoms in total. The topological polar surface area (TPSA) is 71.5 Å². The molecule has 0 radical (unpaired) electrons. The van der Waals surface area contributed by atoms with Crippen LogP contribution in [0.2, 0.25) is 0 Å². The molecule has 0 bridgehead atoms. The van der Waals surface area contributed by atoms with Gasteiger partial charge in [0.2, 0.25) is 0 Å². The summed E-state index contributed by atoms with van der Waals surface area (Å²) in [7, 11) is 0. The number of benzene rings is 2. The molecule has 4 rings (SSSR count). The van der Waals surface area contributed by atoms with Gasteiger partial charge in [0, 0.05) is 24.3 Å². The zero-order valence-corrected chi connectivity index (χ0v) is 15.7. The smallest absolute Gasteiger partial charge is 0.313 e. The molecule has 1 aromatic heterocycles. The standard InChI is InChI=1S/C20H19N3O3S/c1-13-2-7-16-17(12-13)27-19(22-16)14-3-5-15(6-4-14)21-18(24)20(25)23-8-10-26-11-9-23/h2-7,12H,8-11H2,1H3,(H,21,24). The van der Waals surface area contributed by atoms with Crippen LogP contribution in [0.1, 0.15) is 5.56 Å². The van der Waals surface area contributed by atoms with Crippen molar-refractivity contribution in [2.45, 2.75) is 6.92 Å². The molecule has 27 heavy (non-hydrogen) atoms. The molecule has 1 fully saturated rings. The van der Waals surface area contributed by atoms with E-state index in [1.54, 1.807) is 23.5 Å². The third-order valence-corrected chi connectivity index (χ3v) is 5.49. The molecular weight excluding hydrogens is 362 g/mol. The zero-order chi connectivity index (χ0) is 18.8. The molecule has 1 aliphatic heterocycles. The Labute approximate surface area is 160 Å². The maximum absolute atomic E-state index is 12.2. The summed E-state index contributed by atoms with van der Waals surface area (Å²) < 4.78 is 6.35. The predicted octanol–water partition coefficient (Wildman–Crippen LogP) is 3.07. The summed E-state index contributed by atoms with van der Waals surface area (Å²) in [5.74, 6) is -1.15. The van der Waals surface area contributed by atoms with Crippen LogP contribution < -0.4 is 5.32 Å². The number of rotatable bonds is 2. The number of aryl methyl sites for hydroxylation is 1. The Morgan fingerprint density at radius 3 is 2.59 bits per heavy atom. The lowest BCUT2D eigenvalue weighted by Crippen LogP contribution is -2.45. The van der Waals surface area contributed by atoms with Crippen LogP contribution in [-0.4, -0.2) is 48.0 Å². The van der Waals surface area contributed by atoms with E-state index in [1.165, 1.54) is 10.5 Å². The Kier molecular flexibility index (Phi) is 4.87. The van der Waals surface area contributed by atoms with Crippen LogP contribution in [0.4, 0.5) is 5.69 Å². The first-order valence-electron chi connectivity index (χ1n) is 8.76. The Bertz CT molecular complexity index is 991. The second-order valence-corrected chi connectivity index (χ2v) is 7.46. The number of fused-ring (bicyclic) bond motifs is 1. The fraction of sp³-hybridized carbons (Fsp3) is 0.250. The van der Waals surface area contributed by atoms with Crippen molar-refractivity contribution in [3.8, 4) is 10.6 Å². The van der Waals surface area contributed by atoms with Crippen molar-refractivity contribution in [3.05, 3.63) is 48.0 Å². The van der Waals surface area contributed by atoms with Crippen LogP contribution in [0, 0.1) is 6.92 Å². The van der Waals surface area contributed by atoms with Gasteiger partial charge >= 0.3 is 11.8 Å². The molecular formula is C20H19N3O3S. The Morgan fingerprint density at radius 1 is 1.11 bits per heavy atom. The second-order valence-electron chi connectivity index (χ2n) is 6.43. The summed E-state index contributed by atoms with van der Waals surface area (Å²) in [6.07, 6.45) is 0. The molecule has 138 valence electrons. The van der Waals surface area contributed by atoms with E-state index in [0.717, 1.165) is 20.8 Å². The summed E-state index contributed by atoms with van der Waals surface area (Å²) >= 11 is 1.64. The number of carbonyl (C=O) groups is 2. The average Bonchev–Trinajstić information content (AvgIpc) is 3.11. The van der Waals surface area contributed by atoms with Crippen LogP contribution in [-0.2, 0) is 14.3 Å². The summed E-state index contributed by atoms with van der Waals surface area (Å²) in [5, 5.41) is 3.59. The first-order chi connectivity index (χ1) is 13.1. The number of carbonyl (C=O) groups excluding carboxylic acids is 2. The maximum atomic E-state index is 12.2. The monoisotopic (exact) mass is 381 g/mol. The van der Waals surface area contributed by atoms with Crippen LogP contribution in [0.15, 0.2) is 42.5 Å². The van der Waals surface area contributed by atoms with Gasteiger partial charge in [0.05, 0.1) is 23.4 Å². The number of aromatic nitrogens is 1. The highest BCUT2D eigenvalue weighted by molar-refractivity contribution is 7.21. The van der Waals surface area contributed by atoms with E-state index in [0.29, 0.717) is 32.0 Å². The predicted molar refractivity (Wildman–Crippen MR) is 106 cm³/mol. The van der Waals surface area contributed by atoms with Gasteiger partial charge in [-0.05, 0) is 48.9 Å². The van der Waals surface area contributed by atoms with E-state index in [1.807, 2.05) is 18.2 Å². The van der Waals surface area contributed by atoms with E-state index in [9.17, 15) is 9.59 Å². The maximum Gasteiger partial charge on any atom is 0.313 e. The van der Waals surface area contributed by atoms with Gasteiger partial charge in [0.1, 0.15) is 5.01 Å². The van der Waals surface area contributed by atoms with E-state index in [-0.39, 0.29) is 0 Å². The average molecular weight is 381 g/mol. The van der Waals surface area contributed by atoms with Gasteiger partial charge in [-0.2, -0.15) is 0 Å². The lowest BCUT2D eigenvalue weighted by Gasteiger charge is -2.26. The fourth-order valence-electron chi connectivity index (χ4n) is 2.95. The molecule has 0 atom stereocenters. The minimum Gasteiger partial charge on any atom is -0.378 e. The molecule has 0 unspecified atom stereocenters. The van der Waals surface area contributed by atoms with Crippen molar-refractivity contribution < 1.29 is 14.3 Å². The second kappa shape index (κ2) is 7.46. The fourth-order valence-corrected chi connectivity index (χ4v) is 4.02. The SMILES string of the molecule is Cc1ccc2nc(-c3ccc(NC(=O)C(=O)N4CCOCC4)cc3)sc2c1. The number of morpholine rings is 1. The number of anilines is 1. The normalized spacial score (nSPS) is 14.3. The lowest BCUT2D eigenvalue weighted by molar-refractivity contribution is -0.145. The quantitative estimate of drug-likeness (QED) is 0.693. The van der Waals surface area contributed by atoms with Crippen LogP contribution in [0.5, 0.6) is 0 Å². The van der Waals surface area contributed by atoms with Crippen molar-refractivity contribution >= 4 is 39.1 Å². The van der Waals surface area contributed by atoms with E-state index in [2.05, 4.69) is 29.4 Å². The Hall–Kier alpha value is -2.77. The largest absolute Gasteiger partial charge is 0.378 e. The first kappa shape index (κ1) is 17.6. The Morgan fingerprint density at radius 2 is 1.85 bits per heavy atom. The van der Waals surface area contributed by atoms with Gasteiger partial charge in [0.25, 0.3) is 0 Å². The van der Waals surface area contributed by atoms with Gasteiger partial charge < -0.3 is 15.0 Å². The van der Waals surface area contributed by atoms with Crippen LogP contribution in [0.25, 0.3) is 20.8 Å². The van der Waals surface area contributed by atoms with Crippen molar-refractivity contribution in [1.29, 1.82) is 0 Å². The molecule has 2 heterocycles. The molecule has 2 aromatic carbocycles. The number of ether oxygens (including phenoxy) is 1. The van der Waals surface area contributed by atoms with Crippen molar-refractivity contribution in [2.24, 2.45) is 0 Å². The highest BCUT2D eigenvalue weighted by Gasteiger charge is 2.23. The number of hydrogen-bond donors (Lipinski definition) is 1. The molecule has 1 N–H and O–H groups in total. The van der Waals surface area contributed by atoms with Gasteiger partial charge in [-0.15, -0.1) is 11.3 Å². The summed E-state index contributed by atoms with van der Waals surface area (Å²) in [6, 6.07) is 13.6. The number of amides is 2. The molecule has 1 aliphatic rings. The van der Waals surface area contributed by atoms with Gasteiger partial charge in [-0.25, -0.2) is 4.98 Å². The molecule has 0 aliphatic carbocycles. The highest BCUT2D eigenvalue weighted by Crippen LogP contribution is 2.31. The minimum absolute atomic E-state index is 0.447. The summed E-state index contributed by atoms with van der Waals surface area (Å²) in [5.41, 5.74) is 3.75. The van der Waals surface area contributed by atoms with Gasteiger partial charge in [-0.1, -0.05) is 6.07 Å². The molecule has 7 heteroatoms. The third kappa shape index (κ3) is 3.84. The highest BCUT2D eigenvalue weighted by atomic mass is 32.1. The number of nitrogens with one attached hydrogen (secondary N) is 1. The van der Waals surface area contributed by atoms with Crippen molar-refractivity contribution in [1.82, 2.24) is 9.88 Å². The summed E-state index contributed by atoms with van der Waals surface area (Å²) in [4.78, 5) is 30.5. The Balaban J connectivity index is 1.46. The van der Waals surface area contributed by atoms with Crippen LogP contribution in [0.3, 0.4) is 0 Å². The van der Waals surface area contributed by atoms with E-state index < -0.39 is 11.8 Å². The molecule has 0 spiro atoms. The lowest BCUT2D eigenvalue weighted by atomic mass is 10.2. The molecule has 0 saturated carbocycles. The number of thiazole rings is 1. The third-order valence-electron chi connectivity index (χ3n) is 4.43. The van der Waals surface area contributed by atoms with Gasteiger partial charge in [-0.3, -0.25) is 9.59 Å². The van der Waals surface area contributed by atoms with Crippen LogP contribution >= 0.6 is 11.3 Å². The summed E-state index contributed by atoms with van der Waals surface area (Å²) in [6.45, 7) is 3.89. The molecule has 2 amide bonds. The molecule has 1 saturated heterocycles. The van der Waals surface area contributed by atoms with E-state index in [4.69, 9.17) is 4.74 Å². The number of hydrogen-bond acceptors (Lipinski definition) is 5. The first-order valence-corrected chi connectivity index (χ1v) is 9.57. The molecule has 3 aromatic rings.